The van der Waals surface area contributed by atoms with Crippen LogP contribution in [0.3, 0.4) is 0 Å². The van der Waals surface area contributed by atoms with Gasteiger partial charge in [-0.3, -0.25) is 0 Å². The van der Waals surface area contributed by atoms with Crippen molar-refractivity contribution in [2.75, 3.05) is 17.2 Å². The summed E-state index contributed by atoms with van der Waals surface area (Å²) in [5, 5.41) is 5.81. The Hall–Kier alpha value is -1.39. The van der Waals surface area contributed by atoms with Gasteiger partial charge in [0, 0.05) is 12.6 Å². The molecule has 0 amide bonds. The minimum Gasteiger partial charge on any atom is -0.381 e. The third-order valence-corrected chi connectivity index (χ3v) is 2.36. The molecule has 1 aromatic carbocycles. The lowest BCUT2D eigenvalue weighted by molar-refractivity contribution is -0.136. The molecule has 1 atom stereocenters. The quantitative estimate of drug-likeness (QED) is 0.696. The first-order valence-corrected chi connectivity index (χ1v) is 4.69. The van der Waals surface area contributed by atoms with Crippen LogP contribution in [0.4, 0.5) is 24.5 Å². The minimum atomic E-state index is -4.30. The SMILES string of the molecule is CC1CNc2c(cccc2C(F)(F)F)N1. The molecule has 5 heteroatoms. The molecule has 1 unspecified atom stereocenters. The van der Waals surface area contributed by atoms with Crippen molar-refractivity contribution in [1.82, 2.24) is 0 Å². The van der Waals surface area contributed by atoms with Crippen molar-refractivity contribution >= 4 is 11.4 Å². The Labute approximate surface area is 85.5 Å². The third-order valence-electron chi connectivity index (χ3n) is 2.36. The van der Waals surface area contributed by atoms with E-state index in [1.807, 2.05) is 6.92 Å². The average Bonchev–Trinajstić information content (AvgIpc) is 2.15. The molecule has 0 spiro atoms. The molecule has 2 rings (SSSR count). The fraction of sp³-hybridized carbons (Fsp3) is 0.400. The highest BCUT2D eigenvalue weighted by Crippen LogP contribution is 2.39. The number of para-hydroxylation sites is 1. The highest BCUT2D eigenvalue weighted by atomic mass is 19.4. The number of anilines is 2. The molecule has 82 valence electrons. The number of nitrogens with one attached hydrogen (secondary N) is 2. The maximum Gasteiger partial charge on any atom is 0.418 e. The Morgan fingerprint density at radius 3 is 2.73 bits per heavy atom. The van der Waals surface area contributed by atoms with Gasteiger partial charge in [-0.25, -0.2) is 0 Å². The van der Waals surface area contributed by atoms with Gasteiger partial charge in [0.15, 0.2) is 0 Å². The van der Waals surface area contributed by atoms with Crippen LogP contribution in [0, 0.1) is 0 Å². The number of benzene rings is 1. The molecule has 0 saturated carbocycles. The van der Waals surface area contributed by atoms with E-state index in [0.29, 0.717) is 12.2 Å². The zero-order valence-corrected chi connectivity index (χ0v) is 8.15. The standard InChI is InChI=1S/C10H11F3N2/c1-6-5-14-9-7(10(11,12)13)3-2-4-8(9)15-6/h2-4,6,14-15H,5H2,1H3. The summed E-state index contributed by atoms with van der Waals surface area (Å²) in [6, 6.07) is 4.28. The lowest BCUT2D eigenvalue weighted by atomic mass is 10.1. The Balaban J connectivity index is 2.47. The summed E-state index contributed by atoms with van der Waals surface area (Å²) < 4.78 is 37.8. The molecule has 0 radical (unpaired) electrons. The highest BCUT2D eigenvalue weighted by molar-refractivity contribution is 5.75. The van der Waals surface area contributed by atoms with Gasteiger partial charge < -0.3 is 10.6 Å². The van der Waals surface area contributed by atoms with E-state index in [9.17, 15) is 13.2 Å². The Morgan fingerprint density at radius 2 is 2.07 bits per heavy atom. The van der Waals surface area contributed by atoms with E-state index < -0.39 is 11.7 Å². The van der Waals surface area contributed by atoms with Gasteiger partial charge in [0.1, 0.15) is 0 Å². The van der Waals surface area contributed by atoms with E-state index in [1.165, 1.54) is 6.07 Å². The molecule has 15 heavy (non-hydrogen) atoms. The van der Waals surface area contributed by atoms with E-state index in [1.54, 1.807) is 6.07 Å². The molecular weight excluding hydrogens is 205 g/mol. The van der Waals surface area contributed by atoms with Gasteiger partial charge in [-0.15, -0.1) is 0 Å². The lowest BCUT2D eigenvalue weighted by Crippen LogP contribution is -2.31. The van der Waals surface area contributed by atoms with Gasteiger partial charge in [0.05, 0.1) is 16.9 Å². The Morgan fingerprint density at radius 1 is 1.33 bits per heavy atom. The maximum absolute atomic E-state index is 12.6. The summed E-state index contributed by atoms with van der Waals surface area (Å²) >= 11 is 0. The molecule has 2 N–H and O–H groups in total. The van der Waals surface area contributed by atoms with Gasteiger partial charge >= 0.3 is 6.18 Å². The van der Waals surface area contributed by atoms with Gasteiger partial charge in [0.25, 0.3) is 0 Å². The summed E-state index contributed by atoms with van der Waals surface area (Å²) in [7, 11) is 0. The second-order valence-electron chi connectivity index (χ2n) is 3.65. The summed E-state index contributed by atoms with van der Waals surface area (Å²) in [5.41, 5.74) is 0.0612. The lowest BCUT2D eigenvalue weighted by Gasteiger charge is -2.28. The number of fused-ring (bicyclic) bond motifs is 1. The maximum atomic E-state index is 12.6. The normalized spacial score (nSPS) is 20.1. The van der Waals surface area contributed by atoms with Crippen molar-refractivity contribution in [3.05, 3.63) is 23.8 Å². The first-order chi connectivity index (χ1) is 6.98. The van der Waals surface area contributed by atoms with Crippen LogP contribution in [-0.4, -0.2) is 12.6 Å². The summed E-state index contributed by atoms with van der Waals surface area (Å²) in [6.45, 7) is 2.41. The van der Waals surface area contributed by atoms with Gasteiger partial charge in [-0.05, 0) is 19.1 Å². The molecule has 1 heterocycles. The van der Waals surface area contributed by atoms with Gasteiger partial charge in [-0.1, -0.05) is 6.07 Å². The van der Waals surface area contributed by atoms with E-state index in [0.717, 1.165) is 6.07 Å². The van der Waals surface area contributed by atoms with E-state index >= 15 is 0 Å². The monoisotopic (exact) mass is 216 g/mol. The Kier molecular flexibility index (Phi) is 2.25. The predicted octanol–water partition coefficient (Wildman–Crippen LogP) is 2.93. The topological polar surface area (TPSA) is 24.1 Å². The molecule has 0 fully saturated rings. The van der Waals surface area contributed by atoms with Crippen LogP contribution in [0.25, 0.3) is 0 Å². The molecule has 1 aromatic rings. The van der Waals surface area contributed by atoms with Crippen LogP contribution in [0.1, 0.15) is 12.5 Å². The molecule has 1 aliphatic heterocycles. The summed E-state index contributed by atoms with van der Waals surface area (Å²) in [5.74, 6) is 0. The molecule has 1 aliphatic rings. The zero-order valence-electron chi connectivity index (χ0n) is 8.15. The summed E-state index contributed by atoms with van der Waals surface area (Å²) in [4.78, 5) is 0. The second kappa shape index (κ2) is 3.32. The fourth-order valence-corrected chi connectivity index (χ4v) is 1.67. The van der Waals surface area contributed by atoms with Crippen molar-refractivity contribution < 1.29 is 13.2 Å². The first kappa shape index (κ1) is 10.1. The molecule has 2 nitrogen and oxygen atoms in total. The van der Waals surface area contributed by atoms with E-state index in [4.69, 9.17) is 0 Å². The molecule has 0 bridgehead atoms. The van der Waals surface area contributed by atoms with E-state index in [-0.39, 0.29) is 11.7 Å². The van der Waals surface area contributed by atoms with Crippen LogP contribution in [0.15, 0.2) is 18.2 Å². The number of halogens is 3. The molecular formula is C10H11F3N2. The molecule has 0 aliphatic carbocycles. The van der Waals surface area contributed by atoms with Crippen molar-refractivity contribution in [1.29, 1.82) is 0 Å². The van der Waals surface area contributed by atoms with E-state index in [2.05, 4.69) is 10.6 Å². The number of rotatable bonds is 0. The van der Waals surface area contributed by atoms with Crippen LogP contribution in [-0.2, 0) is 6.18 Å². The third kappa shape index (κ3) is 1.86. The van der Waals surface area contributed by atoms with Crippen LogP contribution in [0.5, 0.6) is 0 Å². The predicted molar refractivity (Wildman–Crippen MR) is 53.0 cm³/mol. The van der Waals surface area contributed by atoms with Crippen LogP contribution in [0.2, 0.25) is 0 Å². The van der Waals surface area contributed by atoms with Gasteiger partial charge in [-0.2, -0.15) is 13.2 Å². The van der Waals surface area contributed by atoms with Crippen molar-refractivity contribution in [3.63, 3.8) is 0 Å². The number of hydrogen-bond acceptors (Lipinski definition) is 2. The first-order valence-electron chi connectivity index (χ1n) is 4.69. The number of hydrogen-bond donors (Lipinski definition) is 2. The minimum absolute atomic E-state index is 0.140. The molecule has 0 saturated heterocycles. The highest BCUT2D eigenvalue weighted by Gasteiger charge is 2.35. The van der Waals surface area contributed by atoms with Crippen LogP contribution >= 0.6 is 0 Å². The Bertz CT molecular complexity index is 373. The smallest absolute Gasteiger partial charge is 0.381 e. The second-order valence-corrected chi connectivity index (χ2v) is 3.65. The summed E-state index contributed by atoms with van der Waals surface area (Å²) in [6.07, 6.45) is -4.30. The van der Waals surface area contributed by atoms with Crippen molar-refractivity contribution in [3.8, 4) is 0 Å². The number of alkyl halides is 3. The van der Waals surface area contributed by atoms with Crippen molar-refractivity contribution in [2.24, 2.45) is 0 Å². The van der Waals surface area contributed by atoms with Crippen LogP contribution < -0.4 is 10.6 Å². The average molecular weight is 216 g/mol. The zero-order chi connectivity index (χ0) is 11.1. The fourth-order valence-electron chi connectivity index (χ4n) is 1.67. The van der Waals surface area contributed by atoms with Gasteiger partial charge in [0.2, 0.25) is 0 Å². The largest absolute Gasteiger partial charge is 0.418 e. The molecule has 0 aromatic heterocycles. The van der Waals surface area contributed by atoms with Crippen molar-refractivity contribution in [2.45, 2.75) is 19.1 Å².